The molecule has 4 heterocycles. The molecule has 0 bridgehead atoms. The van der Waals surface area contributed by atoms with Crippen molar-refractivity contribution in [3.05, 3.63) is 36.2 Å². The van der Waals surface area contributed by atoms with Gasteiger partial charge in [-0.3, -0.25) is 14.9 Å². The number of fused-ring (bicyclic) bond motifs is 2. The van der Waals surface area contributed by atoms with Crippen molar-refractivity contribution < 1.29 is 14.3 Å². The van der Waals surface area contributed by atoms with Crippen LogP contribution in [0.1, 0.15) is 12.0 Å². The number of nitrogens with zero attached hydrogens (tertiary/aromatic N) is 5. The van der Waals surface area contributed by atoms with Crippen molar-refractivity contribution in [2.45, 2.75) is 19.4 Å². The second kappa shape index (κ2) is 6.52. The Labute approximate surface area is 164 Å². The largest absolute Gasteiger partial charge is 0.391 e. The Hall–Kier alpha value is -3.53. The number of rotatable bonds is 4. The lowest BCUT2D eigenvalue weighted by atomic mass is 9.99. The number of β-amino-alcohol motifs (C(OH)–C–C–N with tert-alkyl or cyclic N) is 1. The van der Waals surface area contributed by atoms with Crippen LogP contribution in [-0.2, 0) is 4.79 Å². The minimum absolute atomic E-state index is 0.360. The number of amides is 1. The molecule has 0 saturated carbocycles. The first-order valence-corrected chi connectivity index (χ1v) is 9.20. The van der Waals surface area contributed by atoms with E-state index in [0.717, 1.165) is 5.39 Å². The number of aromatic amines is 1. The Morgan fingerprint density at radius 1 is 1.38 bits per heavy atom. The molecule has 0 radical (unpaired) electrons. The Morgan fingerprint density at radius 2 is 2.24 bits per heavy atom. The van der Waals surface area contributed by atoms with Crippen LogP contribution in [0.5, 0.6) is 0 Å². The fourth-order valence-corrected chi connectivity index (χ4v) is 3.99. The average molecular weight is 395 g/mol. The van der Waals surface area contributed by atoms with E-state index in [0.29, 0.717) is 65.4 Å². The van der Waals surface area contributed by atoms with E-state index in [1.54, 1.807) is 36.1 Å². The molecule has 0 spiro atoms. The van der Waals surface area contributed by atoms with Crippen LogP contribution in [0.3, 0.4) is 0 Å². The molecule has 1 amide bonds. The molecular weight excluding hydrogens is 377 g/mol. The van der Waals surface area contributed by atoms with Crippen LogP contribution < -0.4 is 10.2 Å². The van der Waals surface area contributed by atoms with Gasteiger partial charge >= 0.3 is 0 Å². The molecule has 5 rings (SSSR count). The van der Waals surface area contributed by atoms with Crippen molar-refractivity contribution in [1.29, 1.82) is 0 Å². The number of nitrogens with one attached hydrogen (secondary N) is 2. The third-order valence-corrected chi connectivity index (χ3v) is 5.34. The molecule has 1 fully saturated rings. The lowest BCUT2D eigenvalue weighted by molar-refractivity contribution is -0.105. The highest BCUT2D eigenvalue weighted by molar-refractivity contribution is 6.02. The van der Waals surface area contributed by atoms with Gasteiger partial charge in [-0.2, -0.15) is 5.10 Å². The fourth-order valence-electron chi connectivity index (χ4n) is 3.99. The van der Waals surface area contributed by atoms with Gasteiger partial charge in [-0.05, 0) is 18.9 Å². The van der Waals surface area contributed by atoms with Gasteiger partial charge in [-0.25, -0.2) is 9.37 Å². The van der Waals surface area contributed by atoms with Gasteiger partial charge in [0.25, 0.3) is 0 Å². The van der Waals surface area contributed by atoms with Gasteiger partial charge in [0.05, 0.1) is 41.6 Å². The van der Waals surface area contributed by atoms with E-state index in [1.807, 2.05) is 4.90 Å². The molecule has 1 aliphatic rings. The maximum Gasteiger partial charge on any atom is 0.212 e. The zero-order valence-corrected chi connectivity index (χ0v) is 15.6. The molecule has 0 aliphatic carbocycles. The molecule has 4 aromatic rings. The summed E-state index contributed by atoms with van der Waals surface area (Å²) in [4.78, 5) is 21.2. The third kappa shape index (κ3) is 2.71. The van der Waals surface area contributed by atoms with E-state index in [4.69, 9.17) is 0 Å². The van der Waals surface area contributed by atoms with Crippen molar-refractivity contribution in [3.8, 4) is 11.3 Å². The minimum atomic E-state index is -0.466. The molecule has 1 unspecified atom stereocenters. The van der Waals surface area contributed by atoms with Crippen LogP contribution in [0.2, 0.25) is 0 Å². The molecule has 1 aliphatic heterocycles. The molecule has 1 aromatic carbocycles. The summed E-state index contributed by atoms with van der Waals surface area (Å²) in [7, 11) is 0. The number of anilines is 2. The number of aliphatic hydroxyl groups excluding tert-OH is 1. The summed E-state index contributed by atoms with van der Waals surface area (Å²) < 4.78 is 17.2. The minimum Gasteiger partial charge on any atom is -0.391 e. The lowest BCUT2D eigenvalue weighted by Crippen LogP contribution is -2.23. The Morgan fingerprint density at radius 3 is 3.00 bits per heavy atom. The van der Waals surface area contributed by atoms with Crippen LogP contribution in [0.25, 0.3) is 27.8 Å². The Bertz CT molecular complexity index is 1250. The third-order valence-electron chi connectivity index (χ3n) is 5.34. The summed E-state index contributed by atoms with van der Waals surface area (Å²) in [5.41, 5.74) is 3.21. The first kappa shape index (κ1) is 17.6. The molecule has 29 heavy (non-hydrogen) atoms. The highest BCUT2D eigenvalue weighted by Gasteiger charge is 2.28. The number of imidazole rings is 1. The van der Waals surface area contributed by atoms with E-state index in [2.05, 4.69) is 25.5 Å². The first-order chi connectivity index (χ1) is 14.1. The standard InChI is InChI=1S/C19H18FN7O2/c1-10-16(13-7-27-8-14(22-9-28)24-15(27)5-21-13)12-4-23-25-18(12)19(17(10)20)26-3-2-11(29)6-26/h4-5,7-9,11,29H,2-3,6H2,1H3,(H,22,28)(H,23,25). The summed E-state index contributed by atoms with van der Waals surface area (Å²) in [6.07, 6.45) is 7.32. The topological polar surface area (TPSA) is 111 Å². The van der Waals surface area contributed by atoms with Gasteiger partial charge in [0.15, 0.2) is 17.3 Å². The summed E-state index contributed by atoms with van der Waals surface area (Å²) in [5.74, 6) is 0.0416. The van der Waals surface area contributed by atoms with Gasteiger partial charge in [0.1, 0.15) is 0 Å². The van der Waals surface area contributed by atoms with Crippen LogP contribution >= 0.6 is 0 Å². The highest BCUT2D eigenvalue weighted by atomic mass is 19.1. The van der Waals surface area contributed by atoms with Crippen molar-refractivity contribution in [3.63, 3.8) is 0 Å². The number of benzene rings is 1. The van der Waals surface area contributed by atoms with Crippen molar-refractivity contribution >= 4 is 34.5 Å². The molecule has 1 atom stereocenters. The quantitative estimate of drug-likeness (QED) is 0.455. The van der Waals surface area contributed by atoms with Gasteiger partial charge in [0.2, 0.25) is 6.41 Å². The van der Waals surface area contributed by atoms with Crippen LogP contribution in [0.15, 0.2) is 24.8 Å². The number of halogens is 1. The normalized spacial score (nSPS) is 16.8. The maximum atomic E-state index is 15.5. The monoisotopic (exact) mass is 395 g/mol. The Kier molecular flexibility index (Phi) is 3.95. The lowest BCUT2D eigenvalue weighted by Gasteiger charge is -2.22. The van der Waals surface area contributed by atoms with E-state index >= 15 is 4.39 Å². The predicted octanol–water partition coefficient (Wildman–Crippen LogP) is 1.86. The zero-order valence-electron chi connectivity index (χ0n) is 15.6. The molecule has 148 valence electrons. The Balaban J connectivity index is 1.70. The van der Waals surface area contributed by atoms with Crippen molar-refractivity contribution in [1.82, 2.24) is 24.6 Å². The molecule has 10 heteroatoms. The van der Waals surface area contributed by atoms with E-state index < -0.39 is 6.10 Å². The maximum absolute atomic E-state index is 15.5. The number of aliphatic hydroxyl groups is 1. The van der Waals surface area contributed by atoms with Crippen molar-refractivity contribution in [2.75, 3.05) is 23.3 Å². The smallest absolute Gasteiger partial charge is 0.212 e. The number of hydrogen-bond donors (Lipinski definition) is 3. The van der Waals surface area contributed by atoms with Gasteiger partial charge in [-0.1, -0.05) is 0 Å². The number of hydrogen-bond acceptors (Lipinski definition) is 6. The summed E-state index contributed by atoms with van der Waals surface area (Å²) in [5, 5.41) is 20.2. The van der Waals surface area contributed by atoms with Crippen LogP contribution in [-0.4, -0.2) is 55.3 Å². The van der Waals surface area contributed by atoms with Crippen molar-refractivity contribution in [2.24, 2.45) is 0 Å². The number of aromatic nitrogens is 5. The second-order valence-corrected chi connectivity index (χ2v) is 7.14. The van der Waals surface area contributed by atoms with Gasteiger partial charge in [-0.15, -0.1) is 0 Å². The molecule has 1 saturated heterocycles. The molecule has 3 aromatic heterocycles. The van der Waals surface area contributed by atoms with Gasteiger partial charge in [0, 0.05) is 30.2 Å². The molecule has 9 nitrogen and oxygen atoms in total. The van der Waals surface area contributed by atoms with Gasteiger partial charge < -0.3 is 19.7 Å². The number of carbonyl (C=O) groups excluding carboxylic acids is 1. The second-order valence-electron chi connectivity index (χ2n) is 7.14. The average Bonchev–Trinajstić information content (AvgIpc) is 3.42. The SMILES string of the molecule is Cc1c(F)c(N2CCC(O)C2)c2[nH]ncc2c1-c1cn2cc(NC=O)nc2cn1. The van der Waals surface area contributed by atoms with E-state index in [-0.39, 0.29) is 5.82 Å². The fraction of sp³-hybridized carbons (Fsp3) is 0.263. The summed E-state index contributed by atoms with van der Waals surface area (Å²) in [6, 6.07) is 0. The summed E-state index contributed by atoms with van der Waals surface area (Å²) in [6.45, 7) is 2.68. The summed E-state index contributed by atoms with van der Waals surface area (Å²) >= 11 is 0. The zero-order chi connectivity index (χ0) is 20.1. The molecular formula is C19H18FN7O2. The van der Waals surface area contributed by atoms with Crippen LogP contribution in [0.4, 0.5) is 15.9 Å². The van der Waals surface area contributed by atoms with Crippen LogP contribution in [0, 0.1) is 12.7 Å². The predicted molar refractivity (Wildman–Crippen MR) is 105 cm³/mol. The van der Waals surface area contributed by atoms with E-state index in [9.17, 15) is 9.90 Å². The van der Waals surface area contributed by atoms with E-state index in [1.165, 1.54) is 0 Å². The number of carbonyl (C=O) groups is 1. The molecule has 3 N–H and O–H groups in total. The highest BCUT2D eigenvalue weighted by Crippen LogP contribution is 2.40. The number of H-pyrrole nitrogens is 1. The first-order valence-electron chi connectivity index (χ1n) is 9.20.